The van der Waals surface area contributed by atoms with E-state index in [1.54, 1.807) is 20.9 Å². The van der Waals surface area contributed by atoms with E-state index in [0.717, 1.165) is 5.01 Å². The lowest BCUT2D eigenvalue weighted by Gasteiger charge is -2.33. The van der Waals surface area contributed by atoms with E-state index in [2.05, 4.69) is 10.3 Å². The molecule has 1 aliphatic rings. The van der Waals surface area contributed by atoms with Gasteiger partial charge in [-0.05, 0) is 13.8 Å². The maximum absolute atomic E-state index is 12.6. The number of aryl methyl sites for hydroxylation is 2. The smallest absolute Gasteiger partial charge is 0.254 e. The van der Waals surface area contributed by atoms with E-state index >= 15 is 0 Å². The van der Waals surface area contributed by atoms with Crippen LogP contribution in [0.2, 0.25) is 0 Å². The molecule has 7 nitrogen and oxygen atoms in total. The number of rotatable bonds is 4. The van der Waals surface area contributed by atoms with Gasteiger partial charge in [0.05, 0.1) is 17.2 Å². The van der Waals surface area contributed by atoms with Crippen LogP contribution in [0, 0.1) is 13.8 Å². The van der Waals surface area contributed by atoms with Crippen LogP contribution < -0.4 is 5.32 Å². The van der Waals surface area contributed by atoms with Crippen molar-refractivity contribution >= 4 is 27.3 Å². The third-order valence-corrected chi connectivity index (χ3v) is 6.97. The summed E-state index contributed by atoms with van der Waals surface area (Å²) >= 11 is 1.21. The molecule has 0 unspecified atom stereocenters. The molecule has 1 fully saturated rings. The van der Waals surface area contributed by atoms with E-state index in [4.69, 9.17) is 0 Å². The van der Waals surface area contributed by atoms with Crippen LogP contribution in [-0.2, 0) is 14.8 Å². The van der Waals surface area contributed by atoms with Crippen molar-refractivity contribution < 1.29 is 13.2 Å². The first kappa shape index (κ1) is 16.3. The highest BCUT2D eigenvalue weighted by Gasteiger charge is 2.31. The number of sulfonamides is 1. The number of carbonyl (C=O) groups excluding carboxylic acids is 1. The van der Waals surface area contributed by atoms with Crippen LogP contribution in [0.3, 0.4) is 0 Å². The van der Waals surface area contributed by atoms with Crippen molar-refractivity contribution in [2.45, 2.75) is 18.1 Å². The molecule has 1 saturated heterocycles. The summed E-state index contributed by atoms with van der Waals surface area (Å²) in [5.74, 6) is -0.0553. The minimum atomic E-state index is -3.47. The summed E-state index contributed by atoms with van der Waals surface area (Å²) in [6.45, 7) is 5.75. The second kappa shape index (κ2) is 6.39. The normalized spacial score (nSPS) is 17.9. The Morgan fingerprint density at radius 2 is 1.90 bits per heavy atom. The Morgan fingerprint density at radius 1 is 1.29 bits per heavy atom. The first-order valence-electron chi connectivity index (χ1n) is 6.71. The van der Waals surface area contributed by atoms with Crippen molar-refractivity contribution in [3.63, 3.8) is 0 Å². The minimum absolute atomic E-state index is 0.0553. The average molecular weight is 332 g/mol. The van der Waals surface area contributed by atoms with E-state index in [0.29, 0.717) is 42.6 Å². The Labute approximate surface area is 129 Å². The van der Waals surface area contributed by atoms with Crippen molar-refractivity contribution in [1.29, 1.82) is 0 Å². The van der Waals surface area contributed by atoms with Gasteiger partial charge in [0.15, 0.2) is 4.21 Å². The first-order valence-corrected chi connectivity index (χ1v) is 8.97. The number of hydrogen-bond donors (Lipinski definition) is 1. The molecular formula is C12H20N4O3S2. The Balaban J connectivity index is 2.04. The fourth-order valence-electron chi connectivity index (χ4n) is 2.28. The molecule has 21 heavy (non-hydrogen) atoms. The third kappa shape index (κ3) is 3.60. The average Bonchev–Trinajstić information content (AvgIpc) is 2.79. The molecule has 1 aliphatic heterocycles. The summed E-state index contributed by atoms with van der Waals surface area (Å²) in [7, 11) is -1.87. The summed E-state index contributed by atoms with van der Waals surface area (Å²) in [6, 6.07) is 0. The number of hydrogen-bond acceptors (Lipinski definition) is 6. The fourth-order valence-corrected chi connectivity index (χ4v) is 5.32. The zero-order valence-electron chi connectivity index (χ0n) is 12.4. The number of amides is 1. The van der Waals surface area contributed by atoms with E-state index in [-0.39, 0.29) is 5.91 Å². The number of piperazine rings is 1. The standard InChI is InChI=1S/C12H20N4O3S2/c1-9-12(20-10(2)14-9)21(18,19)16-6-4-15(5-7-16)8-11(17)13-3/h4-8H2,1-3H3,(H,13,17). The van der Waals surface area contributed by atoms with Gasteiger partial charge in [0.1, 0.15) is 0 Å². The molecule has 0 saturated carbocycles. The van der Waals surface area contributed by atoms with Gasteiger partial charge in [-0.3, -0.25) is 9.69 Å². The Hall–Kier alpha value is -1.03. The molecule has 0 spiro atoms. The molecule has 9 heteroatoms. The molecular weight excluding hydrogens is 312 g/mol. The quantitative estimate of drug-likeness (QED) is 0.826. The Morgan fingerprint density at radius 3 is 2.38 bits per heavy atom. The number of likely N-dealkylation sites (N-methyl/N-ethyl adjacent to an activating group) is 1. The number of carbonyl (C=O) groups is 1. The van der Waals surface area contributed by atoms with Crippen LogP contribution >= 0.6 is 11.3 Å². The van der Waals surface area contributed by atoms with Gasteiger partial charge in [0, 0.05) is 33.2 Å². The van der Waals surface area contributed by atoms with Crippen molar-refractivity contribution in [3.8, 4) is 0 Å². The summed E-state index contributed by atoms with van der Waals surface area (Å²) < 4.78 is 27.0. The zero-order chi connectivity index (χ0) is 15.6. The lowest BCUT2D eigenvalue weighted by atomic mass is 10.3. The molecule has 0 radical (unpaired) electrons. The van der Waals surface area contributed by atoms with Gasteiger partial charge >= 0.3 is 0 Å². The molecule has 118 valence electrons. The molecule has 1 aromatic rings. The monoisotopic (exact) mass is 332 g/mol. The second-order valence-electron chi connectivity index (χ2n) is 4.96. The van der Waals surface area contributed by atoms with Gasteiger partial charge in [0.25, 0.3) is 10.0 Å². The van der Waals surface area contributed by atoms with Gasteiger partial charge in [-0.2, -0.15) is 4.31 Å². The predicted octanol–water partition coefficient (Wildman–Crippen LogP) is -0.188. The second-order valence-corrected chi connectivity index (χ2v) is 8.30. The van der Waals surface area contributed by atoms with Crippen LogP contribution in [0.4, 0.5) is 0 Å². The maximum Gasteiger partial charge on any atom is 0.254 e. The molecule has 1 N–H and O–H groups in total. The highest BCUT2D eigenvalue weighted by Crippen LogP contribution is 2.26. The SMILES string of the molecule is CNC(=O)CN1CCN(S(=O)(=O)c2sc(C)nc2C)CC1. The van der Waals surface area contributed by atoms with E-state index in [1.165, 1.54) is 15.6 Å². The Kier molecular flexibility index (Phi) is 4.97. The van der Waals surface area contributed by atoms with E-state index in [9.17, 15) is 13.2 Å². The largest absolute Gasteiger partial charge is 0.358 e. The Bertz CT molecular complexity index is 618. The number of nitrogens with zero attached hydrogens (tertiary/aromatic N) is 3. The summed E-state index contributed by atoms with van der Waals surface area (Å²) in [6.07, 6.45) is 0. The van der Waals surface area contributed by atoms with Crippen LogP contribution in [0.1, 0.15) is 10.7 Å². The van der Waals surface area contributed by atoms with Crippen molar-refractivity contribution in [2.24, 2.45) is 0 Å². The zero-order valence-corrected chi connectivity index (χ0v) is 14.1. The highest BCUT2D eigenvalue weighted by atomic mass is 32.2. The van der Waals surface area contributed by atoms with E-state index in [1.807, 2.05) is 4.90 Å². The van der Waals surface area contributed by atoms with Crippen molar-refractivity contribution in [2.75, 3.05) is 39.8 Å². The highest BCUT2D eigenvalue weighted by molar-refractivity contribution is 7.91. The molecule has 2 heterocycles. The van der Waals surface area contributed by atoms with Gasteiger partial charge in [-0.1, -0.05) is 0 Å². The number of nitrogens with one attached hydrogen (secondary N) is 1. The van der Waals surface area contributed by atoms with Crippen LogP contribution in [0.5, 0.6) is 0 Å². The van der Waals surface area contributed by atoms with Crippen LogP contribution in [0.15, 0.2) is 4.21 Å². The lowest BCUT2D eigenvalue weighted by Crippen LogP contribution is -2.50. The van der Waals surface area contributed by atoms with Crippen LogP contribution in [-0.4, -0.2) is 68.3 Å². The number of thiazole rings is 1. The van der Waals surface area contributed by atoms with Crippen LogP contribution in [0.25, 0.3) is 0 Å². The first-order chi connectivity index (χ1) is 9.84. The molecule has 0 aromatic carbocycles. The van der Waals surface area contributed by atoms with Gasteiger partial charge in [0.2, 0.25) is 5.91 Å². The molecule has 0 bridgehead atoms. The van der Waals surface area contributed by atoms with Gasteiger partial charge < -0.3 is 5.32 Å². The fraction of sp³-hybridized carbons (Fsp3) is 0.667. The third-order valence-electron chi connectivity index (χ3n) is 3.41. The van der Waals surface area contributed by atoms with Crippen molar-refractivity contribution in [3.05, 3.63) is 10.7 Å². The molecule has 0 aliphatic carbocycles. The topological polar surface area (TPSA) is 82.6 Å². The minimum Gasteiger partial charge on any atom is -0.358 e. The maximum atomic E-state index is 12.6. The number of aromatic nitrogens is 1. The van der Waals surface area contributed by atoms with Crippen molar-refractivity contribution in [1.82, 2.24) is 19.5 Å². The van der Waals surface area contributed by atoms with Gasteiger partial charge in [-0.15, -0.1) is 11.3 Å². The van der Waals surface area contributed by atoms with Gasteiger partial charge in [-0.25, -0.2) is 13.4 Å². The predicted molar refractivity (Wildman–Crippen MR) is 80.9 cm³/mol. The molecule has 2 rings (SSSR count). The summed E-state index contributed by atoms with van der Waals surface area (Å²) in [4.78, 5) is 17.5. The molecule has 1 amide bonds. The molecule has 0 atom stereocenters. The molecule has 1 aromatic heterocycles. The lowest BCUT2D eigenvalue weighted by molar-refractivity contribution is -0.122. The van der Waals surface area contributed by atoms with E-state index < -0.39 is 10.0 Å². The summed E-state index contributed by atoms with van der Waals surface area (Å²) in [5.41, 5.74) is 0.560. The summed E-state index contributed by atoms with van der Waals surface area (Å²) in [5, 5.41) is 3.32.